The van der Waals surface area contributed by atoms with Crippen LogP contribution in [0.5, 0.6) is 0 Å². The van der Waals surface area contributed by atoms with Gasteiger partial charge in [0, 0.05) is 18.2 Å². The predicted molar refractivity (Wildman–Crippen MR) is 106 cm³/mol. The highest BCUT2D eigenvalue weighted by Crippen LogP contribution is 2.41. The maximum Gasteiger partial charge on any atom is 0.238 e. The van der Waals surface area contributed by atoms with Crippen LogP contribution in [0.25, 0.3) is 0 Å². The first-order valence-corrected chi connectivity index (χ1v) is 12.2. The Labute approximate surface area is 160 Å². The molecule has 3 N–H and O–H groups in total. The van der Waals surface area contributed by atoms with Crippen molar-refractivity contribution < 1.29 is 16.8 Å². The van der Waals surface area contributed by atoms with Crippen molar-refractivity contribution in [3.05, 3.63) is 54.1 Å². The summed E-state index contributed by atoms with van der Waals surface area (Å²) in [5.41, 5.74) is 1.57. The number of rotatable bonds is 6. The molecule has 6 nitrogen and oxygen atoms in total. The summed E-state index contributed by atoms with van der Waals surface area (Å²) in [6, 6.07) is 14.1. The average Bonchev–Trinajstić information content (AvgIpc) is 3.09. The third-order valence-corrected chi connectivity index (χ3v) is 7.29. The van der Waals surface area contributed by atoms with Gasteiger partial charge in [0.25, 0.3) is 0 Å². The van der Waals surface area contributed by atoms with Crippen LogP contribution in [0.2, 0.25) is 0 Å². The van der Waals surface area contributed by atoms with Crippen molar-refractivity contribution in [3.8, 4) is 0 Å². The van der Waals surface area contributed by atoms with Gasteiger partial charge >= 0.3 is 0 Å². The number of hydrogen-bond donors (Lipinski definition) is 2. The van der Waals surface area contributed by atoms with Gasteiger partial charge < -0.3 is 5.32 Å². The third kappa shape index (κ3) is 4.34. The maximum atomic E-state index is 12.2. The first kappa shape index (κ1) is 19.9. The van der Waals surface area contributed by atoms with Crippen molar-refractivity contribution >= 4 is 25.5 Å². The Morgan fingerprint density at radius 2 is 1.63 bits per heavy atom. The molecule has 0 atom stereocenters. The summed E-state index contributed by atoms with van der Waals surface area (Å²) in [5.74, 6) is 0. The van der Waals surface area contributed by atoms with Crippen LogP contribution in [0.4, 0.5) is 5.69 Å². The second kappa shape index (κ2) is 7.26. The van der Waals surface area contributed by atoms with Gasteiger partial charge in [-0.05, 0) is 36.6 Å². The van der Waals surface area contributed by atoms with E-state index in [-0.39, 0.29) is 15.2 Å². The Bertz CT molecular complexity index is 1030. The van der Waals surface area contributed by atoms with E-state index in [2.05, 4.69) is 17.4 Å². The number of nitrogens with one attached hydrogen (secondary N) is 1. The number of primary sulfonamides is 1. The van der Waals surface area contributed by atoms with E-state index in [0.717, 1.165) is 38.0 Å². The minimum atomic E-state index is -3.98. The standard InChI is InChI=1S/C19H24N2O4S2/c1-26(22,23)18-13-16(27(20,24)25)9-10-17(18)21-14-19(11-5-6-12-19)15-7-3-2-4-8-15/h2-4,7-10,13,21H,5-6,11-12,14H2,1H3,(H2,20,24,25). The molecule has 0 bridgehead atoms. The Morgan fingerprint density at radius 3 is 2.19 bits per heavy atom. The quantitative estimate of drug-likeness (QED) is 0.764. The molecule has 1 aliphatic rings. The molecule has 0 spiro atoms. The summed E-state index contributed by atoms with van der Waals surface area (Å²) in [5, 5.41) is 8.41. The smallest absolute Gasteiger partial charge is 0.238 e. The Hall–Kier alpha value is -1.90. The molecule has 1 aliphatic carbocycles. The number of nitrogens with two attached hydrogens (primary N) is 1. The molecule has 0 saturated heterocycles. The summed E-state index contributed by atoms with van der Waals surface area (Å²) < 4.78 is 47.6. The van der Waals surface area contributed by atoms with E-state index in [1.807, 2.05) is 18.2 Å². The number of anilines is 1. The molecule has 0 amide bonds. The van der Waals surface area contributed by atoms with E-state index in [1.54, 1.807) is 0 Å². The van der Waals surface area contributed by atoms with Gasteiger partial charge in [-0.1, -0.05) is 43.2 Å². The minimum Gasteiger partial charge on any atom is -0.383 e. The van der Waals surface area contributed by atoms with E-state index >= 15 is 0 Å². The maximum absolute atomic E-state index is 12.2. The largest absolute Gasteiger partial charge is 0.383 e. The lowest BCUT2D eigenvalue weighted by atomic mass is 9.79. The third-order valence-electron chi connectivity index (χ3n) is 5.25. The Balaban J connectivity index is 1.95. The summed E-state index contributed by atoms with van der Waals surface area (Å²) in [4.78, 5) is -0.276. The van der Waals surface area contributed by atoms with Gasteiger partial charge in [-0.15, -0.1) is 0 Å². The zero-order valence-electron chi connectivity index (χ0n) is 15.2. The highest BCUT2D eigenvalue weighted by molar-refractivity contribution is 7.91. The van der Waals surface area contributed by atoms with Crippen LogP contribution in [0.3, 0.4) is 0 Å². The van der Waals surface area contributed by atoms with Crippen LogP contribution >= 0.6 is 0 Å². The van der Waals surface area contributed by atoms with Crippen molar-refractivity contribution in [1.29, 1.82) is 0 Å². The number of sulfone groups is 1. The van der Waals surface area contributed by atoms with E-state index in [1.165, 1.54) is 17.7 Å². The fourth-order valence-electron chi connectivity index (χ4n) is 3.81. The molecular formula is C19H24N2O4S2. The van der Waals surface area contributed by atoms with E-state index < -0.39 is 19.9 Å². The van der Waals surface area contributed by atoms with Gasteiger partial charge in [0.1, 0.15) is 0 Å². The topological polar surface area (TPSA) is 106 Å². The summed E-state index contributed by atoms with van der Waals surface area (Å²) in [6.45, 7) is 0.578. The Kier molecular flexibility index (Phi) is 5.33. The molecular weight excluding hydrogens is 384 g/mol. The molecule has 8 heteroatoms. The molecule has 0 aliphatic heterocycles. The molecule has 0 radical (unpaired) electrons. The molecule has 1 saturated carbocycles. The summed E-state index contributed by atoms with van der Waals surface area (Å²) in [7, 11) is -7.61. The first-order valence-electron chi connectivity index (χ1n) is 8.78. The normalized spacial score (nSPS) is 17.0. The fourth-order valence-corrected chi connectivity index (χ4v) is 5.30. The highest BCUT2D eigenvalue weighted by atomic mass is 32.2. The molecule has 3 rings (SSSR count). The molecule has 0 unspecified atom stereocenters. The number of benzene rings is 2. The van der Waals surface area contributed by atoms with Crippen molar-refractivity contribution in [1.82, 2.24) is 0 Å². The van der Waals surface area contributed by atoms with Crippen molar-refractivity contribution in [2.24, 2.45) is 5.14 Å². The molecule has 1 fully saturated rings. The van der Waals surface area contributed by atoms with Gasteiger partial charge in [-0.25, -0.2) is 22.0 Å². The SMILES string of the molecule is CS(=O)(=O)c1cc(S(N)(=O)=O)ccc1NCC1(c2ccccc2)CCCC1. The second-order valence-corrected chi connectivity index (χ2v) is 10.7. The van der Waals surface area contributed by atoms with Gasteiger partial charge in [0.15, 0.2) is 9.84 Å². The number of sulfonamides is 1. The Morgan fingerprint density at radius 1 is 1.00 bits per heavy atom. The van der Waals surface area contributed by atoms with Crippen molar-refractivity contribution in [2.45, 2.75) is 40.9 Å². The van der Waals surface area contributed by atoms with Crippen LogP contribution in [0, 0.1) is 0 Å². The van der Waals surface area contributed by atoms with Gasteiger partial charge in [0.2, 0.25) is 10.0 Å². The zero-order valence-corrected chi connectivity index (χ0v) is 16.8. The lowest BCUT2D eigenvalue weighted by Gasteiger charge is -2.31. The van der Waals surface area contributed by atoms with Crippen molar-refractivity contribution in [3.63, 3.8) is 0 Å². The minimum absolute atomic E-state index is 0.0600. The number of hydrogen-bond acceptors (Lipinski definition) is 5. The van der Waals surface area contributed by atoms with Crippen LogP contribution in [0.1, 0.15) is 31.2 Å². The van der Waals surface area contributed by atoms with Crippen LogP contribution < -0.4 is 10.5 Å². The molecule has 0 heterocycles. The monoisotopic (exact) mass is 408 g/mol. The lowest BCUT2D eigenvalue weighted by Crippen LogP contribution is -2.31. The fraction of sp³-hybridized carbons (Fsp3) is 0.368. The van der Waals surface area contributed by atoms with E-state index in [4.69, 9.17) is 5.14 Å². The van der Waals surface area contributed by atoms with E-state index in [9.17, 15) is 16.8 Å². The molecule has 0 aromatic heterocycles. The summed E-state index contributed by atoms with van der Waals surface area (Å²) in [6.07, 6.45) is 5.35. The first-order chi connectivity index (χ1) is 12.6. The molecule has 27 heavy (non-hydrogen) atoms. The van der Waals surface area contributed by atoms with Gasteiger partial charge in [-0.2, -0.15) is 0 Å². The lowest BCUT2D eigenvalue weighted by molar-refractivity contribution is 0.466. The van der Waals surface area contributed by atoms with Crippen LogP contribution in [-0.4, -0.2) is 29.6 Å². The molecule has 2 aromatic rings. The predicted octanol–water partition coefficient (Wildman–Crippen LogP) is 2.66. The molecule has 2 aromatic carbocycles. The average molecular weight is 409 g/mol. The molecule has 146 valence electrons. The van der Waals surface area contributed by atoms with E-state index in [0.29, 0.717) is 12.2 Å². The summed E-state index contributed by atoms with van der Waals surface area (Å²) >= 11 is 0. The van der Waals surface area contributed by atoms with Crippen LogP contribution in [-0.2, 0) is 25.3 Å². The second-order valence-electron chi connectivity index (χ2n) is 7.18. The van der Waals surface area contributed by atoms with Gasteiger partial charge in [0.05, 0.1) is 15.5 Å². The zero-order chi connectivity index (χ0) is 19.7. The van der Waals surface area contributed by atoms with Crippen LogP contribution in [0.15, 0.2) is 58.3 Å². The highest BCUT2D eigenvalue weighted by Gasteiger charge is 2.35. The van der Waals surface area contributed by atoms with Gasteiger partial charge in [-0.3, -0.25) is 0 Å². The van der Waals surface area contributed by atoms with Crippen molar-refractivity contribution in [2.75, 3.05) is 18.1 Å².